The SMILES string of the molecule is CC[C@H]1O[C@@H](n2cnc3c(NC(=O)c4ccccc4)ncnc32)[C@@H](F)[C@H]1OC(=O)O.N. The van der Waals surface area contributed by atoms with E-state index in [2.05, 4.69) is 25.0 Å². The number of alkyl halides is 1. The van der Waals surface area contributed by atoms with Gasteiger partial charge in [-0.25, -0.2) is 24.1 Å². The normalized spacial score (nSPS) is 22.6. The summed E-state index contributed by atoms with van der Waals surface area (Å²) in [5.74, 6) is -0.224. The lowest BCUT2D eigenvalue weighted by atomic mass is 10.1. The summed E-state index contributed by atoms with van der Waals surface area (Å²) in [4.78, 5) is 35.7. The first-order valence-corrected chi connectivity index (χ1v) is 9.22. The van der Waals surface area contributed by atoms with E-state index < -0.39 is 30.8 Å². The van der Waals surface area contributed by atoms with Gasteiger partial charge in [-0.3, -0.25) is 9.36 Å². The molecule has 0 saturated carbocycles. The Morgan fingerprint density at radius 1 is 1.26 bits per heavy atom. The summed E-state index contributed by atoms with van der Waals surface area (Å²) >= 11 is 0. The van der Waals surface area contributed by atoms with E-state index in [1.165, 1.54) is 17.2 Å². The Bertz CT molecular complexity index is 1080. The summed E-state index contributed by atoms with van der Waals surface area (Å²) in [6.07, 6.45) is -3.66. The molecule has 1 aliphatic rings. The quantitative estimate of drug-likeness (QED) is 0.514. The summed E-state index contributed by atoms with van der Waals surface area (Å²) in [6, 6.07) is 8.57. The second-order valence-electron chi connectivity index (χ2n) is 6.63. The molecule has 0 aliphatic carbocycles. The summed E-state index contributed by atoms with van der Waals surface area (Å²) in [7, 11) is 0. The van der Waals surface area contributed by atoms with E-state index in [9.17, 15) is 14.0 Å². The van der Waals surface area contributed by atoms with Crippen molar-refractivity contribution >= 4 is 29.0 Å². The fourth-order valence-electron chi connectivity index (χ4n) is 3.40. The lowest BCUT2D eigenvalue weighted by molar-refractivity contribution is -0.0302. The average molecular weight is 432 g/mol. The molecule has 0 unspecified atom stereocenters. The van der Waals surface area contributed by atoms with Gasteiger partial charge >= 0.3 is 6.16 Å². The number of fused-ring (bicyclic) bond motifs is 1. The average Bonchev–Trinajstić information content (AvgIpc) is 3.30. The van der Waals surface area contributed by atoms with E-state index in [0.29, 0.717) is 12.0 Å². The molecule has 164 valence electrons. The van der Waals surface area contributed by atoms with Crippen molar-refractivity contribution in [2.45, 2.75) is 38.0 Å². The van der Waals surface area contributed by atoms with Crippen molar-refractivity contribution in [1.29, 1.82) is 0 Å². The van der Waals surface area contributed by atoms with Crippen LogP contribution < -0.4 is 11.5 Å². The second kappa shape index (κ2) is 9.02. The molecule has 0 radical (unpaired) electrons. The molecule has 0 spiro atoms. The Balaban J connectivity index is 0.00000272. The van der Waals surface area contributed by atoms with Crippen LogP contribution in [0.3, 0.4) is 0 Å². The first-order chi connectivity index (χ1) is 14.5. The number of ether oxygens (including phenoxy) is 2. The highest BCUT2D eigenvalue weighted by Crippen LogP contribution is 2.37. The number of aromatic nitrogens is 4. The highest BCUT2D eigenvalue weighted by molar-refractivity contribution is 6.06. The number of rotatable bonds is 5. The van der Waals surface area contributed by atoms with Gasteiger partial charge < -0.3 is 26.0 Å². The number of nitrogens with one attached hydrogen (secondary N) is 1. The first kappa shape index (κ1) is 22.1. The van der Waals surface area contributed by atoms with Crippen LogP contribution in [0.25, 0.3) is 11.2 Å². The third-order valence-corrected chi connectivity index (χ3v) is 4.81. The van der Waals surface area contributed by atoms with Crippen molar-refractivity contribution in [3.8, 4) is 0 Å². The van der Waals surface area contributed by atoms with Crippen LogP contribution in [-0.4, -0.2) is 55.1 Å². The van der Waals surface area contributed by atoms with Crippen LogP contribution in [0.5, 0.6) is 0 Å². The maximum Gasteiger partial charge on any atom is 0.506 e. The molecule has 3 aromatic rings. The Morgan fingerprint density at radius 3 is 2.68 bits per heavy atom. The van der Waals surface area contributed by atoms with E-state index in [-0.39, 0.29) is 29.0 Å². The zero-order chi connectivity index (χ0) is 21.3. The summed E-state index contributed by atoms with van der Waals surface area (Å²) in [5, 5.41) is 11.6. The Kier molecular flexibility index (Phi) is 6.42. The van der Waals surface area contributed by atoms with Crippen molar-refractivity contribution in [1.82, 2.24) is 25.7 Å². The van der Waals surface area contributed by atoms with Gasteiger partial charge in [-0.2, -0.15) is 0 Å². The molecular weight excluding hydrogens is 411 g/mol. The summed E-state index contributed by atoms with van der Waals surface area (Å²) in [6.45, 7) is 1.74. The molecule has 0 bridgehead atoms. The number of halogens is 1. The lowest BCUT2D eigenvalue weighted by Gasteiger charge is -2.16. The molecule has 4 rings (SSSR count). The van der Waals surface area contributed by atoms with E-state index in [1.54, 1.807) is 37.3 Å². The first-order valence-electron chi connectivity index (χ1n) is 9.22. The molecule has 1 aliphatic heterocycles. The van der Waals surface area contributed by atoms with Crippen molar-refractivity contribution in [2.75, 3.05) is 5.32 Å². The number of hydrogen-bond acceptors (Lipinski definition) is 8. The van der Waals surface area contributed by atoms with Crippen LogP contribution in [0.15, 0.2) is 43.0 Å². The molecule has 31 heavy (non-hydrogen) atoms. The van der Waals surface area contributed by atoms with Crippen LogP contribution in [0, 0.1) is 0 Å². The zero-order valence-corrected chi connectivity index (χ0v) is 16.5. The monoisotopic (exact) mass is 432 g/mol. The van der Waals surface area contributed by atoms with Crippen LogP contribution in [-0.2, 0) is 9.47 Å². The third kappa shape index (κ3) is 4.15. The Hall–Kier alpha value is -3.64. The molecule has 1 aromatic carbocycles. The van der Waals surface area contributed by atoms with Gasteiger partial charge in [0.2, 0.25) is 0 Å². The fourth-order valence-corrected chi connectivity index (χ4v) is 3.40. The predicted octanol–water partition coefficient (Wildman–Crippen LogP) is 2.95. The van der Waals surface area contributed by atoms with Crippen LogP contribution in [0.2, 0.25) is 0 Å². The second-order valence-corrected chi connectivity index (χ2v) is 6.63. The topological polar surface area (TPSA) is 163 Å². The number of carbonyl (C=O) groups excluding carboxylic acids is 1. The molecule has 1 saturated heterocycles. The Morgan fingerprint density at radius 2 is 2.00 bits per heavy atom. The molecule has 11 nitrogen and oxygen atoms in total. The van der Waals surface area contributed by atoms with Crippen molar-refractivity contribution < 1.29 is 28.6 Å². The van der Waals surface area contributed by atoms with E-state index >= 15 is 0 Å². The van der Waals surface area contributed by atoms with Crippen molar-refractivity contribution in [2.24, 2.45) is 0 Å². The molecule has 12 heteroatoms. The van der Waals surface area contributed by atoms with Gasteiger partial charge in [0.25, 0.3) is 5.91 Å². The van der Waals surface area contributed by atoms with Gasteiger partial charge in [-0.05, 0) is 18.6 Å². The van der Waals surface area contributed by atoms with Gasteiger partial charge in [0.05, 0.1) is 6.33 Å². The number of anilines is 1. The van der Waals surface area contributed by atoms with Gasteiger partial charge in [0.1, 0.15) is 12.4 Å². The number of benzene rings is 1. The largest absolute Gasteiger partial charge is 0.506 e. The highest BCUT2D eigenvalue weighted by atomic mass is 19.1. The molecule has 5 N–H and O–H groups in total. The molecule has 1 fully saturated rings. The van der Waals surface area contributed by atoms with Gasteiger partial charge in [0.15, 0.2) is 35.5 Å². The molecule has 4 atom stereocenters. The minimum absolute atomic E-state index is 0. The zero-order valence-electron chi connectivity index (χ0n) is 16.5. The Labute approximate surface area is 175 Å². The van der Waals surface area contributed by atoms with E-state index in [0.717, 1.165) is 0 Å². The van der Waals surface area contributed by atoms with Crippen molar-refractivity contribution in [3.05, 3.63) is 48.5 Å². The number of nitrogens with zero attached hydrogens (tertiary/aromatic N) is 4. The summed E-state index contributed by atoms with van der Waals surface area (Å²) in [5.41, 5.74) is 0.908. The standard InChI is InChI=1S/C19H18FN5O5.H3N/c1-2-11-14(30-19(27)28)12(20)18(29-11)25-9-23-13-15(21-8-22-16(13)25)24-17(26)10-6-4-3-5-7-10;/h3-9,11-12,14,18H,2H2,1H3,(H,27,28)(H,21,22,24,26);1H3/t11-,12+,14+,18-;/m1./s1. The molecule has 2 aromatic heterocycles. The fraction of sp³-hybridized carbons (Fsp3) is 0.316. The van der Waals surface area contributed by atoms with Crippen LogP contribution in [0.4, 0.5) is 15.0 Å². The number of hydrogen-bond donors (Lipinski definition) is 3. The van der Waals surface area contributed by atoms with Crippen LogP contribution >= 0.6 is 0 Å². The third-order valence-electron chi connectivity index (χ3n) is 4.81. The maximum atomic E-state index is 15.0. The van der Waals surface area contributed by atoms with Crippen LogP contribution in [0.1, 0.15) is 29.9 Å². The van der Waals surface area contributed by atoms with Crippen molar-refractivity contribution in [3.63, 3.8) is 0 Å². The van der Waals surface area contributed by atoms with Gasteiger partial charge in [0, 0.05) is 5.56 Å². The lowest BCUT2D eigenvalue weighted by Crippen LogP contribution is -2.33. The highest BCUT2D eigenvalue weighted by Gasteiger charge is 2.48. The van der Waals surface area contributed by atoms with Gasteiger partial charge in [-0.1, -0.05) is 25.1 Å². The minimum atomic E-state index is -1.76. The molecular formula is C19H21FN6O5. The number of imidazole rings is 1. The number of carboxylic acid groups (broad SMARTS) is 1. The van der Waals surface area contributed by atoms with Gasteiger partial charge in [-0.15, -0.1) is 0 Å². The van der Waals surface area contributed by atoms with E-state index in [1.807, 2.05) is 0 Å². The smallest absolute Gasteiger partial charge is 0.450 e. The maximum absolute atomic E-state index is 15.0. The molecule has 1 amide bonds. The minimum Gasteiger partial charge on any atom is -0.450 e. The predicted molar refractivity (Wildman–Crippen MR) is 107 cm³/mol. The number of carbonyl (C=O) groups is 2. The number of amides is 1. The van der Waals surface area contributed by atoms with E-state index in [4.69, 9.17) is 9.84 Å². The molecule has 3 heterocycles. The summed E-state index contributed by atoms with van der Waals surface area (Å²) < 4.78 is 26.7.